The molecule has 6 heteroatoms. The van der Waals surface area contributed by atoms with Crippen molar-refractivity contribution in [3.63, 3.8) is 0 Å². The first-order valence-electron chi connectivity index (χ1n) is 14.3. The van der Waals surface area contributed by atoms with Crippen LogP contribution in [0.5, 0.6) is 5.75 Å². The molecule has 1 saturated heterocycles. The maximum atomic E-state index is 13.6. The number of aliphatic hydroxyl groups is 2. The van der Waals surface area contributed by atoms with Gasteiger partial charge >= 0.3 is 0 Å². The van der Waals surface area contributed by atoms with Crippen molar-refractivity contribution < 1.29 is 24.9 Å². The van der Waals surface area contributed by atoms with Crippen molar-refractivity contribution in [2.24, 2.45) is 17.8 Å². The molecule has 1 aromatic carbocycles. The maximum Gasteiger partial charge on any atom is 0.234 e. The summed E-state index contributed by atoms with van der Waals surface area (Å²) in [5, 5.41) is 32.1. The molecule has 2 aliphatic carbocycles. The highest BCUT2D eigenvalue weighted by molar-refractivity contribution is 6.06. The van der Waals surface area contributed by atoms with Gasteiger partial charge in [0.25, 0.3) is 0 Å². The zero-order valence-electron chi connectivity index (χ0n) is 22.4. The molecular weight excluding hydrogens is 466 g/mol. The van der Waals surface area contributed by atoms with Gasteiger partial charge in [-0.3, -0.25) is 14.5 Å². The predicted molar refractivity (Wildman–Crippen MR) is 144 cm³/mol. The minimum Gasteiger partial charge on any atom is -0.507 e. The van der Waals surface area contributed by atoms with Gasteiger partial charge in [-0.25, -0.2) is 0 Å². The van der Waals surface area contributed by atoms with Gasteiger partial charge in [0.15, 0.2) is 0 Å². The first-order valence-corrected chi connectivity index (χ1v) is 14.3. The summed E-state index contributed by atoms with van der Waals surface area (Å²) in [6, 6.07) is 7.22. The van der Waals surface area contributed by atoms with E-state index in [0.717, 1.165) is 67.2 Å². The van der Waals surface area contributed by atoms with Crippen LogP contribution in [0.4, 0.5) is 0 Å². The van der Waals surface area contributed by atoms with Crippen molar-refractivity contribution in [2.75, 3.05) is 6.61 Å². The van der Waals surface area contributed by atoms with Crippen LogP contribution in [0.2, 0.25) is 0 Å². The molecule has 2 amide bonds. The molecule has 37 heavy (non-hydrogen) atoms. The Morgan fingerprint density at radius 2 is 1.81 bits per heavy atom. The number of phenols is 1. The van der Waals surface area contributed by atoms with Crippen molar-refractivity contribution in [3.8, 4) is 5.75 Å². The quantitative estimate of drug-likeness (QED) is 0.291. The number of rotatable bonds is 10. The molecule has 0 aromatic heterocycles. The van der Waals surface area contributed by atoms with Crippen molar-refractivity contribution in [3.05, 3.63) is 46.5 Å². The highest BCUT2D eigenvalue weighted by Crippen LogP contribution is 2.48. The molecule has 2 fully saturated rings. The number of carbonyl (C=O) groups is 2. The lowest BCUT2D eigenvalue weighted by molar-refractivity contribution is -0.143. The largest absolute Gasteiger partial charge is 0.507 e. The minimum atomic E-state index is -0.788. The first-order chi connectivity index (χ1) is 17.9. The number of para-hydroxylation sites is 1. The Hall–Kier alpha value is -2.44. The van der Waals surface area contributed by atoms with Gasteiger partial charge in [-0.1, -0.05) is 75.0 Å². The Labute approximate surface area is 221 Å². The molecule has 1 aliphatic heterocycles. The number of carbonyl (C=O) groups excluding carboxylic acids is 2. The summed E-state index contributed by atoms with van der Waals surface area (Å²) in [7, 11) is 0. The Bertz CT molecular complexity index is 1040. The average Bonchev–Trinajstić information content (AvgIpc) is 3.16. The van der Waals surface area contributed by atoms with Crippen LogP contribution in [0.1, 0.15) is 90.0 Å². The highest BCUT2D eigenvalue weighted by atomic mass is 16.3. The van der Waals surface area contributed by atoms with Gasteiger partial charge in [-0.15, -0.1) is 0 Å². The molecule has 4 atom stereocenters. The van der Waals surface area contributed by atoms with Gasteiger partial charge in [0.05, 0.1) is 24.5 Å². The van der Waals surface area contributed by atoms with Gasteiger partial charge < -0.3 is 15.3 Å². The zero-order valence-corrected chi connectivity index (χ0v) is 22.4. The molecule has 0 unspecified atom stereocenters. The van der Waals surface area contributed by atoms with Crippen LogP contribution < -0.4 is 0 Å². The molecule has 0 bridgehead atoms. The van der Waals surface area contributed by atoms with Gasteiger partial charge in [0.2, 0.25) is 11.8 Å². The fourth-order valence-corrected chi connectivity index (χ4v) is 6.92. The standard InChI is InChI=1S/C31H43NO5/c1-3-10-20(17-22-11-8-9-14-26(22)34)15-16-27(35)28-21(4-2)18-24-29(25(28)19-33)31(37)32(30(24)36)23-12-6-5-7-13-23/h8-9,11,14,17,23-25,27,29,33-35H,3-7,10,12-13,15-16,18-19H2,1-2H3/b20-17+/t24-,25+,27-,29-/m1/s1. The zero-order chi connectivity index (χ0) is 26.5. The molecule has 1 aromatic rings. The fourth-order valence-electron chi connectivity index (χ4n) is 6.92. The number of nitrogens with zero attached hydrogens (tertiary/aromatic N) is 1. The van der Waals surface area contributed by atoms with Crippen molar-refractivity contribution in [1.29, 1.82) is 0 Å². The third kappa shape index (κ3) is 5.70. The van der Waals surface area contributed by atoms with Crippen LogP contribution in [0.15, 0.2) is 41.0 Å². The number of phenolic OH excluding ortho intramolecular Hbond substituents is 1. The van der Waals surface area contributed by atoms with E-state index in [-0.39, 0.29) is 30.2 Å². The van der Waals surface area contributed by atoms with E-state index >= 15 is 0 Å². The van der Waals surface area contributed by atoms with Gasteiger partial charge in [-0.05, 0) is 56.6 Å². The topological polar surface area (TPSA) is 98.1 Å². The lowest BCUT2D eigenvalue weighted by atomic mass is 9.67. The van der Waals surface area contributed by atoms with Crippen LogP contribution >= 0.6 is 0 Å². The van der Waals surface area contributed by atoms with E-state index in [1.165, 1.54) is 4.90 Å². The van der Waals surface area contributed by atoms with Crippen molar-refractivity contribution in [2.45, 2.75) is 96.6 Å². The van der Waals surface area contributed by atoms with Crippen LogP contribution in [-0.2, 0) is 9.59 Å². The Kier molecular flexibility index (Phi) is 9.25. The SMILES string of the molecule is CCC/C(=C\c1ccccc1O)CC[C@@H](O)C1=C(CC)C[C@H]2C(=O)N(C3CCCCC3)C(=O)[C@H]2[C@H]1CO. The van der Waals surface area contributed by atoms with E-state index in [2.05, 4.69) is 6.92 Å². The van der Waals surface area contributed by atoms with Gasteiger partial charge in [0.1, 0.15) is 5.75 Å². The van der Waals surface area contributed by atoms with Crippen LogP contribution in [0, 0.1) is 17.8 Å². The van der Waals surface area contributed by atoms with E-state index in [1.807, 2.05) is 25.1 Å². The lowest BCUT2D eigenvalue weighted by Crippen LogP contribution is -2.42. The smallest absolute Gasteiger partial charge is 0.234 e. The molecule has 0 spiro atoms. The first kappa shape index (κ1) is 27.6. The molecule has 1 saturated carbocycles. The fraction of sp³-hybridized carbons (Fsp3) is 0.613. The molecule has 3 aliphatic rings. The van der Waals surface area contributed by atoms with E-state index in [1.54, 1.807) is 12.1 Å². The second kappa shape index (κ2) is 12.4. The summed E-state index contributed by atoms with van der Waals surface area (Å²) in [5.41, 5.74) is 3.70. The predicted octanol–water partition coefficient (Wildman–Crippen LogP) is 5.37. The number of amides is 2. The molecule has 4 rings (SSSR count). The minimum absolute atomic E-state index is 0.0201. The number of aliphatic hydroxyl groups excluding tert-OH is 2. The van der Waals surface area contributed by atoms with Gasteiger partial charge in [0, 0.05) is 17.5 Å². The third-order valence-corrected chi connectivity index (χ3v) is 8.75. The van der Waals surface area contributed by atoms with Crippen LogP contribution in [0.3, 0.4) is 0 Å². The molecule has 202 valence electrons. The monoisotopic (exact) mass is 509 g/mol. The number of benzene rings is 1. The third-order valence-electron chi connectivity index (χ3n) is 8.75. The molecular formula is C31H43NO5. The second-order valence-electron chi connectivity index (χ2n) is 11.0. The highest BCUT2D eigenvalue weighted by Gasteiger charge is 2.56. The number of imide groups is 1. The molecule has 1 heterocycles. The average molecular weight is 510 g/mol. The van der Waals surface area contributed by atoms with Crippen molar-refractivity contribution >= 4 is 17.9 Å². The normalized spacial score (nSPS) is 26.1. The summed E-state index contributed by atoms with van der Waals surface area (Å²) >= 11 is 0. The number of hydrogen-bond donors (Lipinski definition) is 3. The summed E-state index contributed by atoms with van der Waals surface area (Å²) in [5.74, 6) is -1.51. The maximum absolute atomic E-state index is 13.6. The Balaban J connectivity index is 1.55. The number of allylic oxidation sites excluding steroid dienone is 2. The summed E-state index contributed by atoms with van der Waals surface area (Å²) in [6.07, 6.45) is 10.3. The van der Waals surface area contributed by atoms with Crippen LogP contribution in [-0.4, -0.2) is 50.8 Å². The van der Waals surface area contributed by atoms with E-state index < -0.39 is 23.9 Å². The number of likely N-dealkylation sites (tertiary alicyclic amines) is 1. The lowest BCUT2D eigenvalue weighted by Gasteiger charge is -2.36. The summed E-state index contributed by atoms with van der Waals surface area (Å²) < 4.78 is 0. The van der Waals surface area contributed by atoms with E-state index in [0.29, 0.717) is 25.7 Å². The Morgan fingerprint density at radius 3 is 2.46 bits per heavy atom. The van der Waals surface area contributed by atoms with Gasteiger partial charge in [-0.2, -0.15) is 0 Å². The molecule has 6 nitrogen and oxygen atoms in total. The van der Waals surface area contributed by atoms with E-state index in [4.69, 9.17) is 0 Å². The summed E-state index contributed by atoms with van der Waals surface area (Å²) in [4.78, 5) is 28.6. The van der Waals surface area contributed by atoms with E-state index in [9.17, 15) is 24.9 Å². The number of aromatic hydroxyl groups is 1. The molecule has 0 radical (unpaired) electrons. The number of hydrogen-bond acceptors (Lipinski definition) is 5. The molecule has 3 N–H and O–H groups in total. The Morgan fingerprint density at radius 1 is 1.08 bits per heavy atom. The van der Waals surface area contributed by atoms with Crippen LogP contribution in [0.25, 0.3) is 6.08 Å². The summed E-state index contributed by atoms with van der Waals surface area (Å²) in [6.45, 7) is 3.89. The van der Waals surface area contributed by atoms with Crippen molar-refractivity contribution in [1.82, 2.24) is 4.90 Å². The second-order valence-corrected chi connectivity index (χ2v) is 11.0. The number of fused-ring (bicyclic) bond motifs is 1.